The van der Waals surface area contributed by atoms with Gasteiger partial charge in [-0.05, 0) is 78.2 Å². The van der Waals surface area contributed by atoms with E-state index in [9.17, 15) is 33.9 Å². The monoisotopic (exact) mass is 604 g/mol. The summed E-state index contributed by atoms with van der Waals surface area (Å²) < 4.78 is 0.883. The van der Waals surface area contributed by atoms with Gasteiger partial charge in [0.05, 0.1) is 11.4 Å². The van der Waals surface area contributed by atoms with E-state index in [-0.39, 0.29) is 16.8 Å². The van der Waals surface area contributed by atoms with Crippen LogP contribution in [0, 0.1) is 6.92 Å². The van der Waals surface area contributed by atoms with Gasteiger partial charge in [0.1, 0.15) is 11.1 Å². The molecule has 1 fully saturated rings. The van der Waals surface area contributed by atoms with Crippen molar-refractivity contribution in [2.24, 2.45) is 5.73 Å². The fourth-order valence-electron chi connectivity index (χ4n) is 4.54. The molecular weight excluding hydrogens is 580 g/mol. The van der Waals surface area contributed by atoms with Crippen molar-refractivity contribution < 1.29 is 24.3 Å². The molecule has 0 bridgehead atoms. The third-order valence-corrected chi connectivity index (χ3v) is 6.74. The zero-order valence-electron chi connectivity index (χ0n) is 23.6. The van der Waals surface area contributed by atoms with Crippen LogP contribution in [0.1, 0.15) is 27.0 Å². The number of amides is 5. The van der Waals surface area contributed by atoms with Gasteiger partial charge >= 0.3 is 11.7 Å². The van der Waals surface area contributed by atoms with E-state index in [1.165, 1.54) is 61.0 Å². The third kappa shape index (κ3) is 6.12. The number of aromatic nitrogens is 3. The molecule has 4 aromatic rings. The number of H-pyrrole nitrogens is 1. The van der Waals surface area contributed by atoms with Gasteiger partial charge in [-0.2, -0.15) is 0 Å². The molecule has 3 heterocycles. The van der Waals surface area contributed by atoms with Crippen molar-refractivity contribution in [2.45, 2.75) is 6.92 Å². The van der Waals surface area contributed by atoms with Gasteiger partial charge in [-0.3, -0.25) is 34.5 Å². The normalized spacial score (nSPS) is 14.7. The van der Waals surface area contributed by atoms with Crippen LogP contribution in [0.5, 0.6) is 5.88 Å². The minimum atomic E-state index is -1.01. The summed E-state index contributed by atoms with van der Waals surface area (Å²) >= 11 is 0. The quantitative estimate of drug-likeness (QED) is 0.140. The van der Waals surface area contributed by atoms with Crippen LogP contribution < -0.4 is 27.2 Å². The predicted molar refractivity (Wildman–Crippen MR) is 164 cm³/mol. The molecule has 1 aliphatic rings. The standard InChI is InChI=1S/C32H24N6O7/c1-18-4-2-6-22(16-18)37-29(42)24(27(40)35-31(37)44)10-8-19(20-12-14-34-15-13-20)9-11-25-28(41)36-32(45)38(30(25)43)23-7-3-5-21(17-23)26(33)39/h2-17,40H,1H3,(H2,33,39)(H,35,44)(H,36,41,45). The summed E-state index contributed by atoms with van der Waals surface area (Å²) in [5.41, 5.74) is 5.13. The Morgan fingerprint density at radius 2 is 1.64 bits per heavy atom. The van der Waals surface area contributed by atoms with Crippen LogP contribution in [0.2, 0.25) is 0 Å². The molecule has 0 radical (unpaired) electrons. The van der Waals surface area contributed by atoms with E-state index in [2.05, 4.69) is 15.3 Å². The number of carbonyl (C=O) groups excluding carboxylic acids is 4. The summed E-state index contributed by atoms with van der Waals surface area (Å²) in [6.07, 6.45) is 8.29. The average molecular weight is 605 g/mol. The molecule has 0 aliphatic carbocycles. The maximum atomic E-state index is 13.4. The molecule has 0 atom stereocenters. The van der Waals surface area contributed by atoms with Crippen LogP contribution in [0.25, 0.3) is 17.3 Å². The Morgan fingerprint density at radius 3 is 2.36 bits per heavy atom. The van der Waals surface area contributed by atoms with Crippen molar-refractivity contribution in [3.05, 3.63) is 140 Å². The number of hydrogen-bond acceptors (Lipinski definition) is 8. The van der Waals surface area contributed by atoms with Gasteiger partial charge in [0.2, 0.25) is 11.8 Å². The summed E-state index contributed by atoms with van der Waals surface area (Å²) in [7, 11) is 0. The number of primary amides is 1. The highest BCUT2D eigenvalue weighted by Gasteiger charge is 2.36. The number of barbiturate groups is 1. The van der Waals surface area contributed by atoms with Crippen LogP contribution in [0.4, 0.5) is 10.5 Å². The number of nitrogens with zero attached hydrogens (tertiary/aromatic N) is 3. The number of anilines is 1. The van der Waals surface area contributed by atoms with Crippen LogP contribution in [0.15, 0.2) is 106 Å². The first-order chi connectivity index (χ1) is 21.5. The Labute approximate surface area is 254 Å². The van der Waals surface area contributed by atoms with Gasteiger partial charge in [-0.15, -0.1) is 0 Å². The fourth-order valence-corrected chi connectivity index (χ4v) is 4.54. The molecule has 224 valence electrons. The zero-order chi connectivity index (χ0) is 32.2. The van der Waals surface area contributed by atoms with Crippen molar-refractivity contribution in [2.75, 3.05) is 4.90 Å². The lowest BCUT2D eigenvalue weighted by atomic mass is 10.0. The molecule has 2 aromatic carbocycles. The molecular formula is C32H24N6O7. The number of pyridine rings is 1. The first-order valence-electron chi connectivity index (χ1n) is 13.3. The van der Waals surface area contributed by atoms with Crippen molar-refractivity contribution >= 4 is 41.1 Å². The number of carbonyl (C=O) groups is 4. The average Bonchev–Trinajstić information content (AvgIpc) is 3.00. The van der Waals surface area contributed by atoms with Crippen molar-refractivity contribution in [3.8, 4) is 11.6 Å². The van der Waals surface area contributed by atoms with Crippen molar-refractivity contribution in [3.63, 3.8) is 0 Å². The molecule has 1 saturated heterocycles. The number of imide groups is 2. The first-order valence-corrected chi connectivity index (χ1v) is 13.3. The summed E-state index contributed by atoms with van der Waals surface area (Å²) in [5.74, 6) is -3.35. The second-order valence-corrected chi connectivity index (χ2v) is 9.76. The molecule has 0 spiro atoms. The van der Waals surface area contributed by atoms with Gasteiger partial charge in [-0.1, -0.05) is 30.4 Å². The lowest BCUT2D eigenvalue weighted by Gasteiger charge is -2.26. The van der Waals surface area contributed by atoms with Crippen LogP contribution >= 0.6 is 0 Å². The summed E-state index contributed by atoms with van der Waals surface area (Å²) in [4.78, 5) is 83.2. The van der Waals surface area contributed by atoms with Gasteiger partial charge in [0.15, 0.2) is 0 Å². The van der Waals surface area contributed by atoms with Gasteiger partial charge in [0.25, 0.3) is 17.4 Å². The van der Waals surface area contributed by atoms with E-state index >= 15 is 0 Å². The Bertz CT molecular complexity index is 2090. The number of aromatic amines is 1. The second-order valence-electron chi connectivity index (χ2n) is 9.76. The largest absolute Gasteiger partial charge is 0.494 e. The molecule has 0 saturated carbocycles. The Balaban J connectivity index is 1.58. The van der Waals surface area contributed by atoms with Crippen molar-refractivity contribution in [1.29, 1.82) is 0 Å². The predicted octanol–water partition coefficient (Wildman–Crippen LogP) is 2.34. The molecule has 5 amide bonds. The number of urea groups is 1. The van der Waals surface area contributed by atoms with E-state index in [4.69, 9.17) is 5.73 Å². The molecule has 5 N–H and O–H groups in total. The molecule has 5 rings (SSSR count). The van der Waals surface area contributed by atoms with Crippen LogP contribution in [-0.2, 0) is 9.59 Å². The number of benzene rings is 2. The molecule has 13 nitrogen and oxygen atoms in total. The fraction of sp³-hybridized carbons (Fsp3) is 0.0312. The van der Waals surface area contributed by atoms with Gasteiger partial charge < -0.3 is 10.8 Å². The highest BCUT2D eigenvalue weighted by atomic mass is 16.3. The molecule has 2 aromatic heterocycles. The molecule has 45 heavy (non-hydrogen) atoms. The Hall–Kier alpha value is -6.63. The first kappa shape index (κ1) is 29.8. The number of nitrogens with one attached hydrogen (secondary N) is 2. The maximum absolute atomic E-state index is 13.4. The van der Waals surface area contributed by atoms with E-state index in [1.54, 1.807) is 43.3 Å². The maximum Gasteiger partial charge on any atom is 0.335 e. The highest BCUT2D eigenvalue weighted by Crippen LogP contribution is 2.23. The zero-order valence-corrected chi connectivity index (χ0v) is 23.6. The Kier molecular flexibility index (Phi) is 8.16. The molecule has 1 aliphatic heterocycles. The molecule has 0 unspecified atom stereocenters. The number of rotatable bonds is 7. The topological polar surface area (TPSA) is 198 Å². The summed E-state index contributed by atoms with van der Waals surface area (Å²) in [6, 6.07) is 14.4. The SMILES string of the molecule is Cc1cccc(-n2c(=O)[nH]c(O)c(C=CC(=CC=C3C(=O)NC(=O)N(c4cccc(C(N)=O)c4)C3=O)c3ccncc3)c2=O)c1. The number of aryl methyl sites for hydroxylation is 1. The number of hydrogen-bond donors (Lipinski definition) is 4. The van der Waals surface area contributed by atoms with Gasteiger partial charge in [0, 0.05) is 18.0 Å². The van der Waals surface area contributed by atoms with E-state index in [1.807, 2.05) is 0 Å². The number of allylic oxidation sites excluding steroid dienone is 4. The lowest BCUT2D eigenvalue weighted by Crippen LogP contribution is -2.54. The lowest BCUT2D eigenvalue weighted by molar-refractivity contribution is -0.122. The van der Waals surface area contributed by atoms with E-state index in [0.717, 1.165) is 10.1 Å². The molecule has 13 heteroatoms. The number of nitrogens with two attached hydrogens (primary N) is 1. The Morgan fingerprint density at radius 1 is 0.933 bits per heavy atom. The highest BCUT2D eigenvalue weighted by molar-refractivity contribution is 6.37. The van der Waals surface area contributed by atoms with Gasteiger partial charge in [-0.25, -0.2) is 19.1 Å². The second kappa shape index (κ2) is 12.3. The van der Waals surface area contributed by atoms with Crippen LogP contribution in [-0.4, -0.2) is 43.4 Å². The minimum Gasteiger partial charge on any atom is -0.494 e. The summed E-state index contributed by atoms with van der Waals surface area (Å²) in [6.45, 7) is 1.80. The van der Waals surface area contributed by atoms with Crippen molar-refractivity contribution in [1.82, 2.24) is 19.9 Å². The summed E-state index contributed by atoms with van der Waals surface area (Å²) in [5, 5.41) is 12.6. The van der Waals surface area contributed by atoms with Crippen LogP contribution in [0.3, 0.4) is 0 Å². The third-order valence-electron chi connectivity index (χ3n) is 6.74. The number of aromatic hydroxyl groups is 1. The van der Waals surface area contributed by atoms with E-state index in [0.29, 0.717) is 21.7 Å². The van der Waals surface area contributed by atoms with E-state index < -0.39 is 46.5 Å². The minimum absolute atomic E-state index is 0.0175. The smallest absolute Gasteiger partial charge is 0.335 e.